The third-order valence-corrected chi connectivity index (χ3v) is 5.64. The first kappa shape index (κ1) is 19.1. The highest BCUT2D eigenvalue weighted by molar-refractivity contribution is 6.32. The van der Waals surface area contributed by atoms with Crippen molar-refractivity contribution in [2.45, 2.75) is 19.9 Å². The SMILES string of the molecule is Cc1cc2oc(C(=O)NC[C@@H](c3ccco3)N3CCOCC3)c(C)c2cc1Cl. The molecule has 0 bridgehead atoms. The number of fused-ring (bicyclic) bond motifs is 1. The van der Waals surface area contributed by atoms with E-state index in [4.69, 9.17) is 25.2 Å². The maximum Gasteiger partial charge on any atom is 0.287 e. The van der Waals surface area contributed by atoms with Gasteiger partial charge in [-0.2, -0.15) is 0 Å². The molecule has 0 radical (unpaired) electrons. The second-order valence-electron chi connectivity index (χ2n) is 7.04. The minimum atomic E-state index is -0.243. The van der Waals surface area contributed by atoms with E-state index in [0.717, 1.165) is 35.4 Å². The van der Waals surface area contributed by atoms with E-state index < -0.39 is 0 Å². The molecule has 6 nitrogen and oxygen atoms in total. The molecule has 0 spiro atoms. The summed E-state index contributed by atoms with van der Waals surface area (Å²) in [5.41, 5.74) is 2.37. The maximum atomic E-state index is 12.9. The molecule has 7 heteroatoms. The topological polar surface area (TPSA) is 67.9 Å². The van der Waals surface area contributed by atoms with Crippen molar-refractivity contribution in [2.75, 3.05) is 32.8 Å². The van der Waals surface area contributed by atoms with E-state index in [9.17, 15) is 4.79 Å². The van der Waals surface area contributed by atoms with Gasteiger partial charge in [-0.1, -0.05) is 11.6 Å². The van der Waals surface area contributed by atoms with Gasteiger partial charge in [0.05, 0.1) is 25.5 Å². The van der Waals surface area contributed by atoms with Gasteiger partial charge < -0.3 is 18.9 Å². The standard InChI is InChI=1S/C21H23ClN2O4/c1-13-10-19-15(11-16(13)22)14(2)20(28-19)21(25)23-12-17(18-4-3-7-27-18)24-5-8-26-9-6-24/h3-4,7,10-11,17H,5-6,8-9,12H2,1-2H3,(H,23,25)/t17-/m0/s1. The lowest BCUT2D eigenvalue weighted by Gasteiger charge is -2.33. The first-order valence-corrected chi connectivity index (χ1v) is 9.75. The molecule has 3 heterocycles. The van der Waals surface area contributed by atoms with Crippen LogP contribution in [0.4, 0.5) is 0 Å². The molecule has 1 amide bonds. The molecule has 2 aromatic heterocycles. The molecule has 1 fully saturated rings. The summed E-state index contributed by atoms with van der Waals surface area (Å²) in [5.74, 6) is 0.898. The fourth-order valence-electron chi connectivity index (χ4n) is 3.61. The van der Waals surface area contributed by atoms with E-state index in [1.54, 1.807) is 6.26 Å². The molecule has 0 saturated carbocycles. The number of ether oxygens (including phenoxy) is 1. The van der Waals surface area contributed by atoms with Crippen LogP contribution in [0.2, 0.25) is 5.02 Å². The van der Waals surface area contributed by atoms with E-state index in [1.165, 1.54) is 0 Å². The Morgan fingerprint density at radius 2 is 2.07 bits per heavy atom. The predicted octanol–water partition coefficient (Wildman–Crippen LogP) is 4.10. The van der Waals surface area contributed by atoms with Gasteiger partial charge in [0.2, 0.25) is 0 Å². The molecule has 4 rings (SSSR count). The number of nitrogens with one attached hydrogen (secondary N) is 1. The summed E-state index contributed by atoms with van der Waals surface area (Å²) in [5, 5.41) is 4.53. The zero-order chi connectivity index (χ0) is 19.7. The fourth-order valence-corrected chi connectivity index (χ4v) is 3.77. The average Bonchev–Trinajstić information content (AvgIpc) is 3.33. The van der Waals surface area contributed by atoms with Gasteiger partial charge in [0.15, 0.2) is 5.76 Å². The Balaban J connectivity index is 1.53. The van der Waals surface area contributed by atoms with Gasteiger partial charge in [-0.25, -0.2) is 0 Å². The Labute approximate surface area is 168 Å². The highest BCUT2D eigenvalue weighted by Crippen LogP contribution is 2.30. The number of nitrogens with zero attached hydrogens (tertiary/aromatic N) is 1. The van der Waals surface area contributed by atoms with Crippen molar-refractivity contribution in [3.8, 4) is 0 Å². The van der Waals surface area contributed by atoms with Gasteiger partial charge in [0.25, 0.3) is 5.91 Å². The Morgan fingerprint density at radius 1 is 1.29 bits per heavy atom. The first-order valence-electron chi connectivity index (χ1n) is 9.37. The zero-order valence-corrected chi connectivity index (χ0v) is 16.7. The van der Waals surface area contributed by atoms with Crippen molar-refractivity contribution in [2.24, 2.45) is 0 Å². The van der Waals surface area contributed by atoms with E-state index in [0.29, 0.717) is 36.1 Å². The molecule has 1 N–H and O–H groups in total. The highest BCUT2D eigenvalue weighted by Gasteiger charge is 2.26. The summed E-state index contributed by atoms with van der Waals surface area (Å²) in [7, 11) is 0. The fraction of sp³-hybridized carbons (Fsp3) is 0.381. The van der Waals surface area contributed by atoms with E-state index in [2.05, 4.69) is 10.2 Å². The van der Waals surface area contributed by atoms with Crippen LogP contribution in [0.15, 0.2) is 39.4 Å². The van der Waals surface area contributed by atoms with Crippen LogP contribution in [0.1, 0.15) is 33.5 Å². The summed E-state index contributed by atoms with van der Waals surface area (Å²) in [4.78, 5) is 15.1. The molecule has 1 aliphatic rings. The predicted molar refractivity (Wildman–Crippen MR) is 107 cm³/mol. The van der Waals surface area contributed by atoms with Crippen LogP contribution in [-0.2, 0) is 4.74 Å². The van der Waals surface area contributed by atoms with Gasteiger partial charge in [-0.15, -0.1) is 0 Å². The molecule has 1 atom stereocenters. The molecule has 0 unspecified atom stereocenters. The van der Waals surface area contributed by atoms with Gasteiger partial charge in [-0.3, -0.25) is 9.69 Å². The van der Waals surface area contributed by atoms with Crippen molar-refractivity contribution >= 4 is 28.5 Å². The molecule has 3 aromatic rings. The largest absolute Gasteiger partial charge is 0.468 e. The Hall–Kier alpha value is -2.28. The molecule has 1 saturated heterocycles. The van der Waals surface area contributed by atoms with Crippen LogP contribution in [-0.4, -0.2) is 43.7 Å². The molecule has 28 heavy (non-hydrogen) atoms. The number of carbonyl (C=O) groups excluding carboxylic acids is 1. The van der Waals surface area contributed by atoms with Gasteiger partial charge in [0.1, 0.15) is 11.3 Å². The molecular formula is C21H23ClN2O4. The summed E-state index contributed by atoms with van der Waals surface area (Å²) < 4.78 is 16.9. The summed E-state index contributed by atoms with van der Waals surface area (Å²) >= 11 is 6.23. The Morgan fingerprint density at radius 3 is 2.79 bits per heavy atom. The number of morpholine rings is 1. The summed E-state index contributed by atoms with van der Waals surface area (Å²) in [6.45, 7) is 7.14. The first-order chi connectivity index (χ1) is 13.5. The van der Waals surface area contributed by atoms with Crippen molar-refractivity contribution in [1.82, 2.24) is 10.2 Å². The smallest absolute Gasteiger partial charge is 0.287 e. The third-order valence-electron chi connectivity index (χ3n) is 5.24. The maximum absolute atomic E-state index is 12.9. The molecular weight excluding hydrogens is 380 g/mol. The number of halogens is 1. The van der Waals surface area contributed by atoms with Gasteiger partial charge in [0, 0.05) is 35.6 Å². The number of benzene rings is 1. The number of rotatable bonds is 5. The summed E-state index contributed by atoms with van der Waals surface area (Å²) in [6, 6.07) is 7.45. The number of furan rings is 2. The molecule has 148 valence electrons. The van der Waals surface area contributed by atoms with Crippen LogP contribution in [0.3, 0.4) is 0 Å². The second kappa shape index (κ2) is 7.99. The number of hydrogen-bond acceptors (Lipinski definition) is 5. The van der Waals surface area contributed by atoms with Crippen molar-refractivity contribution in [3.05, 3.63) is 58.2 Å². The normalized spacial score (nSPS) is 16.4. The Kier molecular flexibility index (Phi) is 5.44. The van der Waals surface area contributed by atoms with Gasteiger partial charge >= 0.3 is 0 Å². The minimum Gasteiger partial charge on any atom is -0.468 e. The number of aryl methyl sites for hydroxylation is 2. The number of carbonyl (C=O) groups is 1. The lowest BCUT2D eigenvalue weighted by Crippen LogP contribution is -2.43. The van der Waals surface area contributed by atoms with Crippen LogP contribution in [0, 0.1) is 13.8 Å². The van der Waals surface area contributed by atoms with Crippen molar-refractivity contribution in [1.29, 1.82) is 0 Å². The van der Waals surface area contributed by atoms with E-state index in [1.807, 2.05) is 38.1 Å². The monoisotopic (exact) mass is 402 g/mol. The van der Waals surface area contributed by atoms with Crippen molar-refractivity contribution < 1.29 is 18.4 Å². The number of hydrogen-bond donors (Lipinski definition) is 1. The van der Waals surface area contributed by atoms with Crippen LogP contribution < -0.4 is 5.32 Å². The zero-order valence-electron chi connectivity index (χ0n) is 16.0. The molecule has 1 aliphatic heterocycles. The van der Waals surface area contributed by atoms with Crippen LogP contribution in [0.5, 0.6) is 0 Å². The third kappa shape index (κ3) is 3.68. The van der Waals surface area contributed by atoms with Crippen LogP contribution >= 0.6 is 11.6 Å². The summed E-state index contributed by atoms with van der Waals surface area (Å²) in [6.07, 6.45) is 1.65. The second-order valence-corrected chi connectivity index (χ2v) is 7.45. The van der Waals surface area contributed by atoms with Gasteiger partial charge in [-0.05, 0) is 43.7 Å². The minimum absolute atomic E-state index is 0.0516. The lowest BCUT2D eigenvalue weighted by atomic mass is 10.1. The molecule has 0 aliphatic carbocycles. The lowest BCUT2D eigenvalue weighted by molar-refractivity contribution is 0.0117. The van der Waals surface area contributed by atoms with E-state index in [-0.39, 0.29) is 11.9 Å². The Bertz CT molecular complexity index is 974. The number of amides is 1. The van der Waals surface area contributed by atoms with Crippen molar-refractivity contribution in [3.63, 3.8) is 0 Å². The highest BCUT2D eigenvalue weighted by atomic mass is 35.5. The van der Waals surface area contributed by atoms with Crippen LogP contribution in [0.25, 0.3) is 11.0 Å². The quantitative estimate of drug-likeness (QED) is 0.695. The van der Waals surface area contributed by atoms with E-state index >= 15 is 0 Å². The molecule has 1 aromatic carbocycles. The average molecular weight is 403 g/mol.